The first-order valence-corrected chi connectivity index (χ1v) is 9.03. The first kappa shape index (κ1) is 18.7. The van der Waals surface area contributed by atoms with Gasteiger partial charge in [0, 0.05) is 22.1 Å². The van der Waals surface area contributed by atoms with Gasteiger partial charge < -0.3 is 10.1 Å². The van der Waals surface area contributed by atoms with Gasteiger partial charge in [0.2, 0.25) is 5.91 Å². The third-order valence-corrected chi connectivity index (χ3v) is 4.69. The quantitative estimate of drug-likeness (QED) is 0.642. The van der Waals surface area contributed by atoms with Crippen LogP contribution in [0.15, 0.2) is 47.8 Å². The van der Waals surface area contributed by atoms with Crippen LogP contribution in [0, 0.1) is 5.82 Å². The van der Waals surface area contributed by atoms with E-state index in [1.54, 1.807) is 35.7 Å². The van der Waals surface area contributed by atoms with E-state index in [2.05, 4.69) is 10.3 Å². The molecule has 0 unspecified atom stereocenters. The van der Waals surface area contributed by atoms with Crippen molar-refractivity contribution in [3.8, 4) is 17.0 Å². The maximum absolute atomic E-state index is 13.0. The van der Waals surface area contributed by atoms with Gasteiger partial charge in [-0.05, 0) is 49.4 Å². The molecule has 1 amide bonds. The molecule has 0 saturated heterocycles. The smallest absolute Gasteiger partial charge is 0.230 e. The van der Waals surface area contributed by atoms with Crippen LogP contribution in [-0.2, 0) is 11.2 Å². The van der Waals surface area contributed by atoms with Gasteiger partial charge in [0.15, 0.2) is 10.9 Å². The highest BCUT2D eigenvalue weighted by Gasteiger charge is 2.13. The molecular formula is C20H17FN2O3S. The Morgan fingerprint density at radius 1 is 1.19 bits per heavy atom. The summed E-state index contributed by atoms with van der Waals surface area (Å²) in [6.45, 7) is 1.47. The number of ketones is 1. The number of methoxy groups -OCH3 is 1. The maximum atomic E-state index is 13.0. The molecule has 0 radical (unpaired) electrons. The highest BCUT2D eigenvalue weighted by Crippen LogP contribution is 2.26. The van der Waals surface area contributed by atoms with Crippen molar-refractivity contribution in [2.45, 2.75) is 13.3 Å². The predicted molar refractivity (Wildman–Crippen MR) is 103 cm³/mol. The molecule has 0 aliphatic carbocycles. The number of halogens is 1. The Kier molecular flexibility index (Phi) is 5.61. The van der Waals surface area contributed by atoms with E-state index >= 15 is 0 Å². The topological polar surface area (TPSA) is 68.3 Å². The SMILES string of the molecule is COc1ccc(C(C)=O)cc1CC(=O)Nc1nc(-c2ccc(F)cc2)cs1. The summed E-state index contributed by atoms with van der Waals surface area (Å²) in [6, 6.07) is 11.0. The maximum Gasteiger partial charge on any atom is 0.230 e. The zero-order valence-corrected chi connectivity index (χ0v) is 15.6. The number of Topliss-reactive ketones (excluding diaryl/α,β-unsaturated/α-hetero) is 1. The van der Waals surface area contributed by atoms with E-state index in [1.165, 1.54) is 37.5 Å². The highest BCUT2D eigenvalue weighted by atomic mass is 32.1. The zero-order valence-electron chi connectivity index (χ0n) is 14.8. The molecular weight excluding hydrogens is 367 g/mol. The third kappa shape index (κ3) is 4.57. The van der Waals surface area contributed by atoms with Gasteiger partial charge >= 0.3 is 0 Å². The first-order valence-electron chi connectivity index (χ1n) is 8.15. The molecule has 27 heavy (non-hydrogen) atoms. The number of anilines is 1. The number of benzene rings is 2. The van der Waals surface area contributed by atoms with Crippen LogP contribution in [0.1, 0.15) is 22.8 Å². The summed E-state index contributed by atoms with van der Waals surface area (Å²) in [5, 5.41) is 4.98. The van der Waals surface area contributed by atoms with Gasteiger partial charge in [-0.25, -0.2) is 9.37 Å². The number of amides is 1. The number of carbonyl (C=O) groups excluding carboxylic acids is 2. The van der Waals surface area contributed by atoms with Crippen molar-refractivity contribution in [1.82, 2.24) is 4.98 Å². The van der Waals surface area contributed by atoms with Crippen LogP contribution >= 0.6 is 11.3 Å². The first-order chi connectivity index (χ1) is 13.0. The molecule has 2 aromatic carbocycles. The van der Waals surface area contributed by atoms with Gasteiger partial charge in [-0.15, -0.1) is 11.3 Å². The van der Waals surface area contributed by atoms with Crippen LogP contribution in [0.2, 0.25) is 0 Å². The molecule has 1 aromatic heterocycles. The van der Waals surface area contributed by atoms with Gasteiger partial charge in [0.25, 0.3) is 0 Å². The summed E-state index contributed by atoms with van der Waals surface area (Å²) >= 11 is 1.28. The Labute approximate surface area is 159 Å². The summed E-state index contributed by atoms with van der Waals surface area (Å²) in [5.74, 6) is -0.122. The van der Waals surface area contributed by atoms with Crippen molar-refractivity contribution in [2.75, 3.05) is 12.4 Å². The summed E-state index contributed by atoms with van der Waals surface area (Å²) in [5.41, 5.74) is 2.57. The normalized spacial score (nSPS) is 10.5. The molecule has 3 aromatic rings. The van der Waals surface area contributed by atoms with Gasteiger partial charge in [0.05, 0.1) is 19.2 Å². The second-order valence-electron chi connectivity index (χ2n) is 5.85. The second-order valence-corrected chi connectivity index (χ2v) is 6.71. The average molecular weight is 384 g/mol. The third-order valence-electron chi connectivity index (χ3n) is 3.93. The van der Waals surface area contributed by atoms with Gasteiger partial charge in [0.1, 0.15) is 11.6 Å². The van der Waals surface area contributed by atoms with Crippen molar-refractivity contribution in [3.63, 3.8) is 0 Å². The minimum absolute atomic E-state index is 0.0513. The Hall–Kier alpha value is -3.06. The lowest BCUT2D eigenvalue weighted by Crippen LogP contribution is -2.15. The molecule has 1 N–H and O–H groups in total. The predicted octanol–water partition coefficient (Wildman–Crippen LogP) is 4.34. The van der Waals surface area contributed by atoms with Crippen LogP contribution < -0.4 is 10.1 Å². The lowest BCUT2D eigenvalue weighted by molar-refractivity contribution is -0.115. The molecule has 0 aliphatic rings. The van der Waals surface area contributed by atoms with E-state index in [4.69, 9.17) is 4.74 Å². The van der Waals surface area contributed by atoms with Crippen molar-refractivity contribution in [1.29, 1.82) is 0 Å². The molecule has 7 heteroatoms. The zero-order chi connectivity index (χ0) is 19.4. The molecule has 1 heterocycles. The summed E-state index contributed by atoms with van der Waals surface area (Å²) < 4.78 is 18.3. The fourth-order valence-electron chi connectivity index (χ4n) is 2.56. The van der Waals surface area contributed by atoms with E-state index in [-0.39, 0.29) is 23.9 Å². The molecule has 0 bridgehead atoms. The number of hydrogen-bond donors (Lipinski definition) is 1. The van der Waals surface area contributed by atoms with Gasteiger partial charge in [-0.2, -0.15) is 0 Å². The molecule has 5 nitrogen and oxygen atoms in total. The average Bonchev–Trinajstić information content (AvgIpc) is 3.10. The van der Waals surface area contributed by atoms with Gasteiger partial charge in [-0.3, -0.25) is 9.59 Å². The fraction of sp³-hybridized carbons (Fsp3) is 0.150. The Balaban J connectivity index is 1.72. The van der Waals surface area contributed by atoms with Crippen molar-refractivity contribution in [3.05, 3.63) is 64.8 Å². The number of thiazole rings is 1. The number of carbonyl (C=O) groups is 2. The Morgan fingerprint density at radius 2 is 1.93 bits per heavy atom. The standard InChI is InChI=1S/C20H17FN2O3S/c1-12(24)14-5-8-18(26-2)15(9-14)10-19(25)23-20-22-17(11-27-20)13-3-6-16(21)7-4-13/h3-9,11H,10H2,1-2H3,(H,22,23,25). The number of nitrogens with one attached hydrogen (secondary N) is 1. The lowest BCUT2D eigenvalue weighted by Gasteiger charge is -2.09. The minimum atomic E-state index is -0.316. The lowest BCUT2D eigenvalue weighted by atomic mass is 10.0. The van der Waals surface area contributed by atoms with Crippen LogP contribution in [0.3, 0.4) is 0 Å². The van der Waals surface area contributed by atoms with Crippen molar-refractivity contribution >= 4 is 28.2 Å². The number of ether oxygens (including phenoxy) is 1. The molecule has 0 atom stereocenters. The Bertz CT molecular complexity index is 983. The van der Waals surface area contributed by atoms with E-state index in [0.29, 0.717) is 27.7 Å². The van der Waals surface area contributed by atoms with Crippen molar-refractivity contribution < 1.29 is 18.7 Å². The molecule has 3 rings (SSSR count). The van der Waals surface area contributed by atoms with Crippen molar-refractivity contribution in [2.24, 2.45) is 0 Å². The van der Waals surface area contributed by atoms with Crippen LogP contribution in [0.25, 0.3) is 11.3 Å². The number of aromatic nitrogens is 1. The van der Waals surface area contributed by atoms with E-state index < -0.39 is 0 Å². The minimum Gasteiger partial charge on any atom is -0.496 e. The van der Waals surface area contributed by atoms with Crippen LogP contribution in [0.5, 0.6) is 5.75 Å². The molecule has 138 valence electrons. The number of hydrogen-bond acceptors (Lipinski definition) is 5. The molecule has 0 aliphatic heterocycles. The largest absolute Gasteiger partial charge is 0.496 e. The summed E-state index contributed by atoms with van der Waals surface area (Å²) in [6.07, 6.45) is 0.0513. The number of rotatable bonds is 6. The molecule has 0 spiro atoms. The van der Waals surface area contributed by atoms with Crippen LogP contribution in [-0.4, -0.2) is 23.8 Å². The number of nitrogens with zero attached hydrogens (tertiary/aromatic N) is 1. The van der Waals surface area contributed by atoms with Crippen LogP contribution in [0.4, 0.5) is 9.52 Å². The second kappa shape index (κ2) is 8.09. The monoisotopic (exact) mass is 384 g/mol. The molecule has 0 fully saturated rings. The fourth-order valence-corrected chi connectivity index (χ4v) is 3.29. The van der Waals surface area contributed by atoms with E-state index in [1.807, 2.05) is 0 Å². The molecule has 0 saturated carbocycles. The Morgan fingerprint density at radius 3 is 2.59 bits per heavy atom. The summed E-state index contributed by atoms with van der Waals surface area (Å²) in [4.78, 5) is 28.3. The summed E-state index contributed by atoms with van der Waals surface area (Å²) in [7, 11) is 1.51. The van der Waals surface area contributed by atoms with E-state index in [0.717, 1.165) is 5.56 Å². The van der Waals surface area contributed by atoms with E-state index in [9.17, 15) is 14.0 Å². The highest BCUT2D eigenvalue weighted by molar-refractivity contribution is 7.14. The van der Waals surface area contributed by atoms with Gasteiger partial charge in [-0.1, -0.05) is 0 Å².